The average molecular weight is 356 g/mol. The number of nitrogens with one attached hydrogen (secondary N) is 2. The molecule has 136 valence electrons. The molecule has 2 aromatic rings. The number of hydrogen-bond acceptors (Lipinski definition) is 4. The summed E-state index contributed by atoms with van der Waals surface area (Å²) in [7, 11) is 0. The summed E-state index contributed by atoms with van der Waals surface area (Å²) in [5.74, 6) is -2.88. The van der Waals surface area contributed by atoms with Gasteiger partial charge in [-0.05, 0) is 36.2 Å². The smallest absolute Gasteiger partial charge is 0.308 e. The third-order valence-electron chi connectivity index (χ3n) is 4.50. The largest absolute Gasteiger partial charge is 0.481 e. The zero-order chi connectivity index (χ0) is 18.5. The standard InChI is InChI=1S/C18H20N4O4/c23-16(21-9-12-3-6-19-7-4-12)13-8-14(18(25)26)11-22(10-13)17(24)15-2-1-5-20-15/h1-7,13-14,20H,8-11H2,(H,21,23)(H,25,26)/t13-,14+/m1/s1. The van der Waals surface area contributed by atoms with Gasteiger partial charge in [0, 0.05) is 38.2 Å². The van der Waals surface area contributed by atoms with Crippen LogP contribution in [0.4, 0.5) is 0 Å². The molecule has 0 unspecified atom stereocenters. The molecule has 2 atom stereocenters. The maximum absolute atomic E-state index is 12.5. The highest BCUT2D eigenvalue weighted by molar-refractivity contribution is 5.93. The first-order valence-electron chi connectivity index (χ1n) is 8.36. The molecular weight excluding hydrogens is 336 g/mol. The molecule has 2 aromatic heterocycles. The number of aliphatic carboxylic acids is 1. The summed E-state index contributed by atoms with van der Waals surface area (Å²) in [5.41, 5.74) is 1.28. The minimum Gasteiger partial charge on any atom is -0.481 e. The van der Waals surface area contributed by atoms with E-state index in [1.54, 1.807) is 42.9 Å². The maximum atomic E-state index is 12.5. The van der Waals surface area contributed by atoms with E-state index in [9.17, 15) is 19.5 Å². The molecule has 1 fully saturated rings. The van der Waals surface area contributed by atoms with Crippen LogP contribution in [0, 0.1) is 11.8 Å². The maximum Gasteiger partial charge on any atom is 0.308 e. The fourth-order valence-corrected chi connectivity index (χ4v) is 3.10. The van der Waals surface area contributed by atoms with E-state index in [4.69, 9.17) is 0 Å². The Bertz CT molecular complexity index is 776. The summed E-state index contributed by atoms with van der Waals surface area (Å²) in [6.07, 6.45) is 5.12. The molecule has 1 saturated heterocycles. The van der Waals surface area contributed by atoms with Gasteiger partial charge in [0.25, 0.3) is 5.91 Å². The number of H-pyrrole nitrogens is 1. The Morgan fingerprint density at radius 1 is 1.19 bits per heavy atom. The van der Waals surface area contributed by atoms with Crippen molar-refractivity contribution in [3.8, 4) is 0 Å². The summed E-state index contributed by atoms with van der Waals surface area (Å²) in [6, 6.07) is 6.92. The van der Waals surface area contributed by atoms with Gasteiger partial charge >= 0.3 is 5.97 Å². The van der Waals surface area contributed by atoms with Crippen LogP contribution in [-0.4, -0.2) is 50.8 Å². The van der Waals surface area contributed by atoms with E-state index in [2.05, 4.69) is 15.3 Å². The number of amides is 2. The van der Waals surface area contributed by atoms with Gasteiger partial charge in [-0.3, -0.25) is 19.4 Å². The van der Waals surface area contributed by atoms with Crippen LogP contribution in [0.5, 0.6) is 0 Å². The SMILES string of the molecule is O=C(O)[C@H]1C[C@@H](C(=O)NCc2ccncc2)CN(C(=O)c2ccc[nH]2)C1. The van der Waals surface area contributed by atoms with E-state index in [-0.39, 0.29) is 31.3 Å². The van der Waals surface area contributed by atoms with Crippen molar-refractivity contribution in [2.75, 3.05) is 13.1 Å². The number of piperidine rings is 1. The topological polar surface area (TPSA) is 115 Å². The number of rotatable bonds is 5. The molecule has 3 heterocycles. The normalized spacial score (nSPS) is 19.8. The molecule has 0 saturated carbocycles. The second kappa shape index (κ2) is 7.81. The van der Waals surface area contributed by atoms with Crippen LogP contribution in [0.3, 0.4) is 0 Å². The third kappa shape index (κ3) is 4.08. The number of pyridine rings is 1. The first kappa shape index (κ1) is 17.7. The van der Waals surface area contributed by atoms with E-state index in [1.807, 2.05) is 0 Å². The van der Waals surface area contributed by atoms with E-state index < -0.39 is 17.8 Å². The number of hydrogen-bond donors (Lipinski definition) is 3. The molecule has 8 nitrogen and oxygen atoms in total. The molecule has 1 aliphatic heterocycles. The second-order valence-electron chi connectivity index (χ2n) is 6.33. The summed E-state index contributed by atoms with van der Waals surface area (Å²) in [6.45, 7) is 0.630. The Labute approximate surface area is 150 Å². The summed E-state index contributed by atoms with van der Waals surface area (Å²) in [5, 5.41) is 12.2. The highest BCUT2D eigenvalue weighted by Gasteiger charge is 2.37. The summed E-state index contributed by atoms with van der Waals surface area (Å²) < 4.78 is 0. The van der Waals surface area contributed by atoms with Gasteiger partial charge in [0.1, 0.15) is 5.69 Å². The lowest BCUT2D eigenvalue weighted by molar-refractivity contribution is -0.144. The molecule has 2 amide bonds. The Kier molecular flexibility index (Phi) is 5.31. The Hall–Kier alpha value is -3.16. The zero-order valence-corrected chi connectivity index (χ0v) is 14.1. The minimum absolute atomic E-state index is 0.0985. The Morgan fingerprint density at radius 2 is 1.92 bits per heavy atom. The molecule has 0 aromatic carbocycles. The quantitative estimate of drug-likeness (QED) is 0.736. The first-order valence-corrected chi connectivity index (χ1v) is 8.36. The first-order chi connectivity index (χ1) is 12.5. The van der Waals surface area contributed by atoms with Crippen LogP contribution in [0.25, 0.3) is 0 Å². The predicted octanol–water partition coefficient (Wildman–Crippen LogP) is 0.889. The van der Waals surface area contributed by atoms with Gasteiger partial charge in [0.15, 0.2) is 0 Å². The van der Waals surface area contributed by atoms with Gasteiger partial charge in [0.05, 0.1) is 11.8 Å². The van der Waals surface area contributed by atoms with Crippen molar-refractivity contribution in [3.05, 3.63) is 54.1 Å². The molecule has 0 spiro atoms. The lowest BCUT2D eigenvalue weighted by Crippen LogP contribution is -2.50. The molecule has 3 N–H and O–H groups in total. The number of nitrogens with zero attached hydrogens (tertiary/aromatic N) is 2. The molecular formula is C18H20N4O4. The minimum atomic E-state index is -0.999. The van der Waals surface area contributed by atoms with E-state index in [1.165, 1.54) is 4.90 Å². The van der Waals surface area contributed by atoms with Crippen LogP contribution in [0.15, 0.2) is 42.9 Å². The van der Waals surface area contributed by atoms with Crippen LogP contribution in [-0.2, 0) is 16.1 Å². The third-order valence-corrected chi connectivity index (χ3v) is 4.50. The lowest BCUT2D eigenvalue weighted by Gasteiger charge is -2.35. The number of aromatic amines is 1. The molecule has 26 heavy (non-hydrogen) atoms. The van der Waals surface area contributed by atoms with Gasteiger partial charge in [-0.15, -0.1) is 0 Å². The Balaban J connectivity index is 1.68. The average Bonchev–Trinajstić information content (AvgIpc) is 3.20. The van der Waals surface area contributed by atoms with Crippen molar-refractivity contribution in [2.45, 2.75) is 13.0 Å². The van der Waals surface area contributed by atoms with Crippen LogP contribution < -0.4 is 5.32 Å². The summed E-state index contributed by atoms with van der Waals surface area (Å²) >= 11 is 0. The van der Waals surface area contributed by atoms with Crippen molar-refractivity contribution in [1.29, 1.82) is 0 Å². The zero-order valence-electron chi connectivity index (χ0n) is 14.1. The summed E-state index contributed by atoms with van der Waals surface area (Å²) in [4.78, 5) is 44.7. The van der Waals surface area contributed by atoms with Crippen LogP contribution in [0.2, 0.25) is 0 Å². The van der Waals surface area contributed by atoms with Crippen LogP contribution >= 0.6 is 0 Å². The van der Waals surface area contributed by atoms with E-state index >= 15 is 0 Å². The van der Waals surface area contributed by atoms with Gasteiger partial charge in [-0.25, -0.2) is 0 Å². The Morgan fingerprint density at radius 3 is 2.58 bits per heavy atom. The van der Waals surface area contributed by atoms with Gasteiger partial charge in [0.2, 0.25) is 5.91 Å². The predicted molar refractivity (Wildman–Crippen MR) is 92.0 cm³/mol. The fourth-order valence-electron chi connectivity index (χ4n) is 3.10. The van der Waals surface area contributed by atoms with Gasteiger partial charge < -0.3 is 20.3 Å². The van der Waals surface area contributed by atoms with E-state index in [0.717, 1.165) is 5.56 Å². The number of aromatic nitrogens is 2. The highest BCUT2D eigenvalue weighted by Crippen LogP contribution is 2.24. The molecule has 0 radical (unpaired) electrons. The van der Waals surface area contributed by atoms with Gasteiger partial charge in [-0.1, -0.05) is 0 Å². The van der Waals surface area contributed by atoms with Crippen molar-refractivity contribution < 1.29 is 19.5 Å². The van der Waals surface area contributed by atoms with Crippen molar-refractivity contribution in [1.82, 2.24) is 20.2 Å². The monoisotopic (exact) mass is 356 g/mol. The number of carbonyl (C=O) groups is 3. The number of carbonyl (C=O) groups excluding carboxylic acids is 2. The number of likely N-dealkylation sites (tertiary alicyclic amines) is 1. The number of carboxylic acids is 1. The molecule has 1 aliphatic rings. The number of carboxylic acid groups (broad SMARTS) is 1. The highest BCUT2D eigenvalue weighted by atomic mass is 16.4. The van der Waals surface area contributed by atoms with E-state index in [0.29, 0.717) is 12.2 Å². The van der Waals surface area contributed by atoms with Crippen LogP contribution in [0.1, 0.15) is 22.5 Å². The van der Waals surface area contributed by atoms with Crippen molar-refractivity contribution in [3.63, 3.8) is 0 Å². The second-order valence-corrected chi connectivity index (χ2v) is 6.33. The fraction of sp³-hybridized carbons (Fsp3) is 0.333. The molecule has 8 heteroatoms. The van der Waals surface area contributed by atoms with Crippen molar-refractivity contribution >= 4 is 17.8 Å². The molecule has 0 aliphatic carbocycles. The van der Waals surface area contributed by atoms with Crippen molar-refractivity contribution in [2.24, 2.45) is 11.8 Å². The van der Waals surface area contributed by atoms with Gasteiger partial charge in [-0.2, -0.15) is 0 Å². The molecule has 3 rings (SSSR count). The lowest BCUT2D eigenvalue weighted by atomic mass is 9.88. The molecule has 0 bridgehead atoms.